The smallest absolute Gasteiger partial charge is 0.295 e. The second kappa shape index (κ2) is 5.06. The van der Waals surface area contributed by atoms with Gasteiger partial charge in [-0.25, -0.2) is 0 Å². The van der Waals surface area contributed by atoms with E-state index in [0.29, 0.717) is 17.1 Å². The summed E-state index contributed by atoms with van der Waals surface area (Å²) in [6, 6.07) is 8.01. The lowest BCUT2D eigenvalue weighted by Gasteiger charge is -2.08. The molecule has 0 saturated heterocycles. The SMILES string of the molecule is Cc1cc(NS(=O)(=O)c2ccco2)cc(-c2nnco2)c1. The molecule has 0 fully saturated rings. The molecule has 0 amide bonds. The lowest BCUT2D eigenvalue weighted by atomic mass is 10.1. The molecule has 0 bridgehead atoms. The van der Waals surface area contributed by atoms with E-state index in [4.69, 9.17) is 8.83 Å². The van der Waals surface area contributed by atoms with Crippen LogP contribution in [0.15, 0.2) is 56.9 Å². The first-order chi connectivity index (χ1) is 10.0. The fraction of sp³-hybridized carbons (Fsp3) is 0.0769. The van der Waals surface area contributed by atoms with Crippen LogP contribution in [0.1, 0.15) is 5.56 Å². The topological polar surface area (TPSA) is 98.2 Å². The van der Waals surface area contributed by atoms with Crippen LogP contribution in [0.2, 0.25) is 0 Å². The largest absolute Gasteiger partial charge is 0.451 e. The molecular formula is C13H11N3O4S. The molecule has 3 aromatic rings. The molecule has 2 aromatic heterocycles. The van der Waals surface area contributed by atoms with Crippen LogP contribution in [-0.2, 0) is 10.0 Å². The van der Waals surface area contributed by atoms with Gasteiger partial charge >= 0.3 is 0 Å². The molecule has 21 heavy (non-hydrogen) atoms. The van der Waals surface area contributed by atoms with Crippen molar-refractivity contribution in [1.82, 2.24) is 10.2 Å². The Morgan fingerprint density at radius 3 is 2.71 bits per heavy atom. The maximum absolute atomic E-state index is 12.1. The molecule has 0 saturated carbocycles. The van der Waals surface area contributed by atoms with Crippen LogP contribution in [0.5, 0.6) is 0 Å². The molecular weight excluding hydrogens is 294 g/mol. The summed E-state index contributed by atoms with van der Waals surface area (Å²) in [5, 5.41) is 7.26. The average molecular weight is 305 g/mol. The first-order valence-corrected chi connectivity index (χ1v) is 7.47. The number of hydrogen-bond acceptors (Lipinski definition) is 6. The van der Waals surface area contributed by atoms with Gasteiger partial charge < -0.3 is 8.83 Å². The highest BCUT2D eigenvalue weighted by Crippen LogP contribution is 2.24. The minimum Gasteiger partial charge on any atom is -0.451 e. The van der Waals surface area contributed by atoms with Crippen LogP contribution in [0.3, 0.4) is 0 Å². The lowest BCUT2D eigenvalue weighted by molar-refractivity contribution is 0.452. The normalized spacial score (nSPS) is 11.5. The quantitative estimate of drug-likeness (QED) is 0.795. The third kappa shape index (κ3) is 2.79. The molecule has 3 rings (SSSR count). The van der Waals surface area contributed by atoms with Gasteiger partial charge in [0.2, 0.25) is 17.4 Å². The summed E-state index contributed by atoms with van der Waals surface area (Å²) in [6.45, 7) is 1.84. The lowest BCUT2D eigenvalue weighted by Crippen LogP contribution is -2.12. The van der Waals surface area contributed by atoms with E-state index in [-0.39, 0.29) is 5.09 Å². The Morgan fingerprint density at radius 1 is 1.19 bits per heavy atom. The van der Waals surface area contributed by atoms with Gasteiger partial charge in [-0.15, -0.1) is 10.2 Å². The summed E-state index contributed by atoms with van der Waals surface area (Å²) in [5.74, 6) is 0.317. The molecule has 0 aliphatic heterocycles. The molecule has 0 atom stereocenters. The van der Waals surface area contributed by atoms with Gasteiger partial charge in [0.15, 0.2) is 0 Å². The number of rotatable bonds is 4. The number of nitrogens with one attached hydrogen (secondary N) is 1. The van der Waals surface area contributed by atoms with Crippen LogP contribution in [-0.4, -0.2) is 18.6 Å². The molecule has 108 valence electrons. The van der Waals surface area contributed by atoms with Crippen LogP contribution in [0.25, 0.3) is 11.5 Å². The molecule has 0 aliphatic carbocycles. The zero-order chi connectivity index (χ0) is 14.9. The predicted molar refractivity (Wildman–Crippen MR) is 74.0 cm³/mol. The first-order valence-electron chi connectivity index (χ1n) is 5.99. The van der Waals surface area contributed by atoms with Crippen molar-refractivity contribution < 1.29 is 17.3 Å². The van der Waals surface area contributed by atoms with Crippen molar-refractivity contribution in [2.75, 3.05) is 4.72 Å². The molecule has 1 aromatic carbocycles. The Balaban J connectivity index is 1.97. The Bertz CT molecular complexity index is 840. The van der Waals surface area contributed by atoms with Gasteiger partial charge in [0.25, 0.3) is 10.0 Å². The highest BCUT2D eigenvalue weighted by Gasteiger charge is 2.18. The number of anilines is 1. The van der Waals surface area contributed by atoms with Gasteiger partial charge in [-0.3, -0.25) is 4.72 Å². The van der Waals surface area contributed by atoms with Gasteiger partial charge in [-0.05, 0) is 42.8 Å². The summed E-state index contributed by atoms with van der Waals surface area (Å²) in [5.41, 5.74) is 1.87. The van der Waals surface area contributed by atoms with Gasteiger partial charge in [0, 0.05) is 11.3 Å². The van der Waals surface area contributed by atoms with E-state index in [9.17, 15) is 8.42 Å². The van der Waals surface area contributed by atoms with Gasteiger partial charge in [0.1, 0.15) is 0 Å². The van der Waals surface area contributed by atoms with Crippen molar-refractivity contribution >= 4 is 15.7 Å². The first kappa shape index (κ1) is 13.4. The Labute approximate surface area is 120 Å². The second-order valence-electron chi connectivity index (χ2n) is 4.37. The number of hydrogen-bond donors (Lipinski definition) is 1. The van der Waals surface area contributed by atoms with E-state index in [0.717, 1.165) is 5.56 Å². The van der Waals surface area contributed by atoms with E-state index in [1.165, 1.54) is 24.8 Å². The fourth-order valence-corrected chi connectivity index (χ4v) is 2.85. The van der Waals surface area contributed by atoms with Crippen LogP contribution in [0, 0.1) is 6.92 Å². The van der Waals surface area contributed by atoms with Crippen LogP contribution < -0.4 is 4.72 Å². The standard InChI is InChI=1S/C13H11N3O4S/c1-9-5-10(13-15-14-8-20-13)7-11(6-9)16-21(17,18)12-3-2-4-19-12/h2-8,16H,1H3. The van der Waals surface area contributed by atoms with Crippen molar-refractivity contribution in [2.45, 2.75) is 12.0 Å². The second-order valence-corrected chi connectivity index (χ2v) is 5.98. The number of aromatic nitrogens is 2. The summed E-state index contributed by atoms with van der Waals surface area (Å²) < 4.78 is 36.7. The molecule has 1 N–H and O–H groups in total. The number of aryl methyl sites for hydroxylation is 1. The number of furan rings is 1. The number of sulfonamides is 1. The Kier molecular flexibility index (Phi) is 3.22. The summed E-state index contributed by atoms with van der Waals surface area (Å²) in [4.78, 5) is 0. The van der Waals surface area contributed by atoms with E-state index >= 15 is 0 Å². The van der Waals surface area contributed by atoms with E-state index in [2.05, 4.69) is 14.9 Å². The maximum Gasteiger partial charge on any atom is 0.295 e. The summed E-state index contributed by atoms with van der Waals surface area (Å²) >= 11 is 0. The molecule has 2 heterocycles. The Hall–Kier alpha value is -2.61. The van der Waals surface area contributed by atoms with Crippen LogP contribution >= 0.6 is 0 Å². The van der Waals surface area contributed by atoms with Gasteiger partial charge in [-0.2, -0.15) is 8.42 Å². The highest BCUT2D eigenvalue weighted by molar-refractivity contribution is 7.92. The highest BCUT2D eigenvalue weighted by atomic mass is 32.2. The summed E-state index contributed by atoms with van der Waals surface area (Å²) in [7, 11) is -3.76. The third-order valence-electron chi connectivity index (χ3n) is 2.70. The van der Waals surface area contributed by atoms with Crippen molar-refractivity contribution in [2.24, 2.45) is 0 Å². The monoisotopic (exact) mass is 305 g/mol. The van der Waals surface area contributed by atoms with Gasteiger partial charge in [-0.1, -0.05) is 0 Å². The van der Waals surface area contributed by atoms with E-state index in [1.54, 1.807) is 12.1 Å². The Morgan fingerprint density at radius 2 is 2.05 bits per heavy atom. The minimum atomic E-state index is -3.76. The molecule has 8 heteroatoms. The molecule has 7 nitrogen and oxygen atoms in total. The van der Waals surface area contributed by atoms with Crippen molar-refractivity contribution in [3.63, 3.8) is 0 Å². The number of benzene rings is 1. The zero-order valence-electron chi connectivity index (χ0n) is 11.0. The maximum atomic E-state index is 12.1. The number of nitrogens with zero attached hydrogens (tertiary/aromatic N) is 2. The van der Waals surface area contributed by atoms with E-state index < -0.39 is 10.0 Å². The van der Waals surface area contributed by atoms with Crippen molar-refractivity contribution in [3.05, 3.63) is 48.6 Å². The van der Waals surface area contributed by atoms with Gasteiger partial charge in [0.05, 0.1) is 6.26 Å². The van der Waals surface area contributed by atoms with Crippen molar-refractivity contribution in [3.8, 4) is 11.5 Å². The average Bonchev–Trinajstić information content (AvgIpc) is 3.12. The summed E-state index contributed by atoms with van der Waals surface area (Å²) in [6.07, 6.45) is 2.51. The zero-order valence-corrected chi connectivity index (χ0v) is 11.8. The third-order valence-corrected chi connectivity index (χ3v) is 3.96. The minimum absolute atomic E-state index is 0.150. The molecule has 0 aliphatic rings. The molecule has 0 spiro atoms. The predicted octanol–water partition coefficient (Wildman–Crippen LogP) is 2.44. The van der Waals surface area contributed by atoms with Crippen LogP contribution in [0.4, 0.5) is 5.69 Å². The fourth-order valence-electron chi connectivity index (χ4n) is 1.89. The van der Waals surface area contributed by atoms with Crippen molar-refractivity contribution in [1.29, 1.82) is 0 Å². The molecule has 0 radical (unpaired) electrons. The van der Waals surface area contributed by atoms with E-state index in [1.807, 2.05) is 13.0 Å². The molecule has 0 unspecified atom stereocenters.